The van der Waals surface area contributed by atoms with E-state index in [0.29, 0.717) is 23.2 Å². The predicted molar refractivity (Wildman–Crippen MR) is 109 cm³/mol. The normalized spacial score (nSPS) is 10.9. The molecule has 0 amide bonds. The van der Waals surface area contributed by atoms with Crippen molar-refractivity contribution >= 4 is 28.2 Å². The van der Waals surface area contributed by atoms with E-state index in [2.05, 4.69) is 4.98 Å². The second kappa shape index (κ2) is 7.40. The summed E-state index contributed by atoms with van der Waals surface area (Å²) in [6.07, 6.45) is 0. The molecule has 0 bridgehead atoms. The highest BCUT2D eigenvalue weighted by molar-refractivity contribution is 7.18. The summed E-state index contributed by atoms with van der Waals surface area (Å²) in [5.74, 6) is -0.779. The number of aromatic nitrogens is 1. The number of thiophene rings is 1. The number of hydrogen-bond donors (Lipinski definition) is 1. The number of ether oxygens (including phenoxy) is 1. The van der Waals surface area contributed by atoms with Gasteiger partial charge < -0.3 is 9.84 Å². The Kier molecular flexibility index (Phi) is 4.79. The number of benzene rings is 2. The Morgan fingerprint density at radius 2 is 1.82 bits per heavy atom. The van der Waals surface area contributed by atoms with Crippen molar-refractivity contribution in [3.63, 3.8) is 0 Å². The summed E-state index contributed by atoms with van der Waals surface area (Å²) in [6, 6.07) is 17.2. The van der Waals surface area contributed by atoms with Gasteiger partial charge in [-0.2, -0.15) is 0 Å². The van der Waals surface area contributed by atoms with Crippen LogP contribution in [0.25, 0.3) is 31.9 Å². The third kappa shape index (κ3) is 3.46. The fraction of sp³-hybridized carbons (Fsp3) is 0.0909. The lowest BCUT2D eigenvalue weighted by Gasteiger charge is -2.06. The summed E-state index contributed by atoms with van der Waals surface area (Å²) in [5, 5.41) is 9.83. The van der Waals surface area contributed by atoms with Crippen LogP contribution in [0.3, 0.4) is 0 Å². The van der Waals surface area contributed by atoms with Gasteiger partial charge in [-0.15, -0.1) is 11.3 Å². The number of hydrogen-bond acceptors (Lipinski definition) is 4. The molecule has 0 aliphatic heterocycles. The Morgan fingerprint density at radius 3 is 2.54 bits per heavy atom. The van der Waals surface area contributed by atoms with Gasteiger partial charge in [-0.1, -0.05) is 0 Å². The second-order valence-electron chi connectivity index (χ2n) is 6.14. The van der Waals surface area contributed by atoms with Gasteiger partial charge in [0.2, 0.25) is 0 Å². The molecule has 0 spiro atoms. The average Bonchev–Trinajstić information content (AvgIpc) is 3.18. The number of halogens is 1. The van der Waals surface area contributed by atoms with Crippen LogP contribution in [0.1, 0.15) is 17.3 Å². The molecule has 0 saturated carbocycles. The van der Waals surface area contributed by atoms with E-state index in [-0.39, 0.29) is 5.56 Å². The topological polar surface area (TPSA) is 59.4 Å². The third-order valence-electron chi connectivity index (χ3n) is 4.31. The molecule has 4 rings (SSSR count). The Morgan fingerprint density at radius 1 is 1.07 bits per heavy atom. The number of carbonyl (C=O) groups is 1. The summed E-state index contributed by atoms with van der Waals surface area (Å²) >= 11 is 1.52. The molecule has 6 heteroatoms. The van der Waals surface area contributed by atoms with Crippen molar-refractivity contribution in [1.29, 1.82) is 0 Å². The molecule has 0 fully saturated rings. The molecule has 0 aliphatic carbocycles. The van der Waals surface area contributed by atoms with Gasteiger partial charge in [-0.3, -0.25) is 0 Å². The molecule has 2 heterocycles. The maximum atomic E-state index is 13.5. The molecular formula is C22H16FNO3S. The van der Waals surface area contributed by atoms with Gasteiger partial charge in [0.15, 0.2) is 0 Å². The largest absolute Gasteiger partial charge is 0.494 e. The molecule has 0 radical (unpaired) electrons. The van der Waals surface area contributed by atoms with Crippen LogP contribution in [-0.2, 0) is 0 Å². The molecule has 4 nitrogen and oxygen atoms in total. The van der Waals surface area contributed by atoms with E-state index >= 15 is 0 Å². The van der Waals surface area contributed by atoms with Crippen LogP contribution < -0.4 is 4.74 Å². The van der Waals surface area contributed by atoms with Crippen LogP contribution in [0.15, 0.2) is 60.7 Å². The van der Waals surface area contributed by atoms with Crippen LogP contribution in [0.5, 0.6) is 5.75 Å². The first kappa shape index (κ1) is 18.1. The molecule has 1 N–H and O–H groups in total. The monoisotopic (exact) mass is 393 g/mol. The first-order valence-electron chi connectivity index (χ1n) is 8.72. The van der Waals surface area contributed by atoms with Crippen molar-refractivity contribution in [1.82, 2.24) is 4.98 Å². The SMILES string of the molecule is CCOc1ccc(-c2ccc(-c3cc(C(=O)O)c4cc(F)ccc4n3)s2)cc1. The fourth-order valence-corrected chi connectivity index (χ4v) is 3.99. The van der Waals surface area contributed by atoms with Crippen LogP contribution in [0, 0.1) is 5.82 Å². The van der Waals surface area contributed by atoms with Crippen LogP contribution in [0.4, 0.5) is 4.39 Å². The van der Waals surface area contributed by atoms with E-state index in [1.807, 2.05) is 43.3 Å². The minimum absolute atomic E-state index is 0.0375. The molecular weight excluding hydrogens is 377 g/mol. The molecule has 0 atom stereocenters. The second-order valence-corrected chi connectivity index (χ2v) is 7.23. The molecule has 2 aromatic heterocycles. The summed E-state index contributed by atoms with van der Waals surface area (Å²) in [5.41, 5.74) is 2.09. The van der Waals surface area contributed by atoms with Gasteiger partial charge >= 0.3 is 5.97 Å². The number of fused-ring (bicyclic) bond motifs is 1. The van der Waals surface area contributed by atoms with Crippen LogP contribution >= 0.6 is 11.3 Å². The summed E-state index contributed by atoms with van der Waals surface area (Å²) in [4.78, 5) is 18.1. The van der Waals surface area contributed by atoms with Crippen molar-refractivity contribution in [3.05, 3.63) is 72.0 Å². The fourth-order valence-electron chi connectivity index (χ4n) is 3.01. The van der Waals surface area contributed by atoms with Crippen molar-refractivity contribution in [2.75, 3.05) is 6.61 Å². The number of aromatic carboxylic acids is 1. The Hall–Kier alpha value is -3.25. The lowest BCUT2D eigenvalue weighted by molar-refractivity contribution is 0.0699. The van der Waals surface area contributed by atoms with Crippen LogP contribution in [-0.4, -0.2) is 22.7 Å². The molecule has 0 saturated heterocycles. The number of carboxylic acids is 1. The van der Waals surface area contributed by atoms with Crippen LogP contribution in [0.2, 0.25) is 0 Å². The van der Waals surface area contributed by atoms with Gasteiger partial charge in [0.1, 0.15) is 11.6 Å². The maximum Gasteiger partial charge on any atom is 0.336 e. The highest BCUT2D eigenvalue weighted by Crippen LogP contribution is 2.35. The summed E-state index contributed by atoms with van der Waals surface area (Å²) in [6.45, 7) is 2.56. The minimum Gasteiger partial charge on any atom is -0.494 e. The van der Waals surface area contributed by atoms with E-state index in [1.54, 1.807) is 0 Å². The zero-order chi connectivity index (χ0) is 19.7. The quantitative estimate of drug-likeness (QED) is 0.461. The molecule has 0 unspecified atom stereocenters. The Balaban J connectivity index is 1.75. The van der Waals surface area contributed by atoms with Gasteiger partial charge in [-0.05, 0) is 73.2 Å². The van der Waals surface area contributed by atoms with Crippen molar-refractivity contribution < 1.29 is 19.0 Å². The zero-order valence-corrected chi connectivity index (χ0v) is 15.8. The standard InChI is InChI=1S/C22H16FNO3S/c1-2-27-15-6-3-13(4-7-15)20-9-10-21(28-20)19-12-17(22(25)26)16-11-14(23)5-8-18(16)24-19/h3-12H,2H2,1H3,(H,25,26). The maximum absolute atomic E-state index is 13.5. The van der Waals surface area contributed by atoms with Gasteiger partial charge in [0.25, 0.3) is 0 Å². The lowest BCUT2D eigenvalue weighted by atomic mass is 10.1. The van der Waals surface area contributed by atoms with E-state index in [0.717, 1.165) is 21.1 Å². The number of pyridine rings is 1. The van der Waals surface area contributed by atoms with Crippen molar-refractivity contribution in [2.45, 2.75) is 6.92 Å². The minimum atomic E-state index is -1.11. The number of nitrogens with zero attached hydrogens (tertiary/aromatic N) is 1. The number of rotatable bonds is 5. The third-order valence-corrected chi connectivity index (χ3v) is 5.47. The van der Waals surface area contributed by atoms with E-state index in [9.17, 15) is 14.3 Å². The van der Waals surface area contributed by atoms with Gasteiger partial charge in [0, 0.05) is 10.3 Å². The summed E-state index contributed by atoms with van der Waals surface area (Å²) in [7, 11) is 0. The average molecular weight is 393 g/mol. The molecule has 28 heavy (non-hydrogen) atoms. The smallest absolute Gasteiger partial charge is 0.336 e. The van der Waals surface area contributed by atoms with Crippen molar-refractivity contribution in [3.8, 4) is 26.8 Å². The highest BCUT2D eigenvalue weighted by atomic mass is 32.1. The first-order valence-corrected chi connectivity index (χ1v) is 9.54. The molecule has 140 valence electrons. The number of carboxylic acid groups (broad SMARTS) is 1. The molecule has 4 aromatic rings. The lowest BCUT2D eigenvalue weighted by Crippen LogP contribution is -2.00. The predicted octanol–water partition coefficient (Wildman–Crippen LogP) is 5.87. The Labute approximate surface area is 164 Å². The van der Waals surface area contributed by atoms with E-state index in [4.69, 9.17) is 4.74 Å². The Bertz CT molecular complexity index is 1170. The van der Waals surface area contributed by atoms with E-state index in [1.165, 1.54) is 35.6 Å². The van der Waals surface area contributed by atoms with Gasteiger partial charge in [0.05, 0.1) is 28.3 Å². The summed E-state index contributed by atoms with van der Waals surface area (Å²) < 4.78 is 19.0. The van der Waals surface area contributed by atoms with Crippen molar-refractivity contribution in [2.24, 2.45) is 0 Å². The van der Waals surface area contributed by atoms with E-state index < -0.39 is 11.8 Å². The molecule has 2 aromatic carbocycles. The highest BCUT2D eigenvalue weighted by Gasteiger charge is 2.15. The molecule has 0 aliphatic rings. The first-order chi connectivity index (χ1) is 13.5. The zero-order valence-electron chi connectivity index (χ0n) is 15.0. The van der Waals surface area contributed by atoms with Gasteiger partial charge in [-0.25, -0.2) is 14.2 Å².